The Labute approximate surface area is 143 Å². The lowest BCUT2D eigenvalue weighted by atomic mass is 10.0. The second kappa shape index (κ2) is 7.68. The molecule has 2 rings (SSSR count). The number of hydrogen-bond acceptors (Lipinski definition) is 3. The summed E-state index contributed by atoms with van der Waals surface area (Å²) in [6.45, 7) is 0.613. The Balaban J connectivity index is 2.18. The van der Waals surface area contributed by atoms with E-state index in [0.29, 0.717) is 26.3 Å². The Kier molecular flexibility index (Phi) is 5.99. The van der Waals surface area contributed by atoms with E-state index in [0.717, 1.165) is 12.1 Å². The monoisotopic (exact) mass is 388 g/mol. The maximum absolute atomic E-state index is 13.3. The van der Waals surface area contributed by atoms with E-state index in [-0.39, 0.29) is 5.69 Å². The zero-order valence-electron chi connectivity index (χ0n) is 13.3. The molecule has 4 nitrogen and oxygen atoms in total. The van der Waals surface area contributed by atoms with Gasteiger partial charge in [0.1, 0.15) is 0 Å². The van der Waals surface area contributed by atoms with Gasteiger partial charge < -0.3 is 15.0 Å². The molecule has 0 bridgehead atoms. The first kappa shape index (κ1) is 20.3. The van der Waals surface area contributed by atoms with Crippen LogP contribution in [0.2, 0.25) is 0 Å². The van der Waals surface area contributed by atoms with Crippen LogP contribution in [-0.4, -0.2) is 44.6 Å². The van der Waals surface area contributed by atoms with E-state index in [1.54, 1.807) is 10.2 Å². The predicted molar refractivity (Wildman–Crippen MR) is 77.3 cm³/mol. The maximum Gasteiger partial charge on any atom is 0.428 e. The lowest BCUT2D eigenvalue weighted by Gasteiger charge is -2.29. The van der Waals surface area contributed by atoms with Gasteiger partial charge in [-0.05, 0) is 17.7 Å². The highest BCUT2D eigenvalue weighted by molar-refractivity contribution is 5.81. The molecule has 0 aromatic heterocycles. The first-order valence-corrected chi connectivity index (χ1v) is 7.51. The quantitative estimate of drug-likeness (QED) is 0.807. The Morgan fingerprint density at radius 1 is 1.15 bits per heavy atom. The third-order valence-corrected chi connectivity index (χ3v) is 3.75. The molecule has 1 saturated heterocycles. The molecule has 146 valence electrons. The van der Waals surface area contributed by atoms with E-state index >= 15 is 0 Å². The summed E-state index contributed by atoms with van der Waals surface area (Å²) in [7, 11) is 0. The van der Waals surface area contributed by atoms with E-state index in [2.05, 4.69) is 0 Å². The third kappa shape index (κ3) is 4.99. The highest BCUT2D eigenvalue weighted by Gasteiger charge is 2.45. The molecule has 0 aliphatic carbocycles. The van der Waals surface area contributed by atoms with E-state index in [9.17, 15) is 35.5 Å². The van der Waals surface area contributed by atoms with Gasteiger partial charge in [-0.15, -0.1) is 0 Å². The molecule has 11 heteroatoms. The van der Waals surface area contributed by atoms with Crippen molar-refractivity contribution >= 4 is 11.6 Å². The van der Waals surface area contributed by atoms with Crippen LogP contribution < -0.4 is 10.2 Å². The fourth-order valence-corrected chi connectivity index (χ4v) is 2.42. The number of halogens is 7. The molecule has 1 heterocycles. The van der Waals surface area contributed by atoms with Crippen molar-refractivity contribution in [2.24, 2.45) is 0 Å². The number of hydrogen-bond donors (Lipinski definition) is 1. The number of rotatable bonds is 4. The van der Waals surface area contributed by atoms with Crippen molar-refractivity contribution in [3.63, 3.8) is 0 Å². The number of carbonyl (C=O) groups is 1. The van der Waals surface area contributed by atoms with Gasteiger partial charge in [0.2, 0.25) is 0 Å². The minimum atomic E-state index is -5.42. The molecule has 26 heavy (non-hydrogen) atoms. The lowest BCUT2D eigenvalue weighted by molar-refractivity contribution is -0.187. The van der Waals surface area contributed by atoms with Gasteiger partial charge in [-0.3, -0.25) is 4.79 Å². The van der Waals surface area contributed by atoms with Crippen molar-refractivity contribution in [3.8, 4) is 0 Å². The van der Waals surface area contributed by atoms with Crippen LogP contribution in [0.5, 0.6) is 0 Å². The SMILES string of the molecule is O=C(NCc1ccc(N2CCOCC2)cc1C(F)(F)F)[C@H](F)C(F)(F)F. The van der Waals surface area contributed by atoms with Gasteiger partial charge in [-0.2, -0.15) is 26.3 Å². The molecular formula is C15H15F7N2O2. The third-order valence-electron chi connectivity index (χ3n) is 3.75. The van der Waals surface area contributed by atoms with E-state index in [1.165, 1.54) is 6.07 Å². The van der Waals surface area contributed by atoms with Crippen LogP contribution >= 0.6 is 0 Å². The summed E-state index contributed by atoms with van der Waals surface area (Å²) in [5, 5.41) is 1.55. The number of nitrogens with one attached hydrogen (secondary N) is 1. The topological polar surface area (TPSA) is 41.6 Å². The zero-order chi connectivity index (χ0) is 19.5. The number of nitrogens with zero attached hydrogens (tertiary/aromatic N) is 1. The number of anilines is 1. The first-order chi connectivity index (χ1) is 12.0. The smallest absolute Gasteiger partial charge is 0.378 e. The normalized spacial score (nSPS) is 17.1. The molecular weight excluding hydrogens is 373 g/mol. The van der Waals surface area contributed by atoms with Crippen molar-refractivity contribution in [2.45, 2.75) is 25.1 Å². The van der Waals surface area contributed by atoms with Gasteiger partial charge in [-0.1, -0.05) is 6.07 Å². The molecule has 0 unspecified atom stereocenters. The van der Waals surface area contributed by atoms with E-state index < -0.39 is 42.1 Å². The molecule has 1 amide bonds. The Morgan fingerprint density at radius 2 is 1.77 bits per heavy atom. The summed E-state index contributed by atoms with van der Waals surface area (Å²) < 4.78 is 94.1. The number of alkyl halides is 7. The van der Waals surface area contributed by atoms with Crippen molar-refractivity contribution in [3.05, 3.63) is 29.3 Å². The molecule has 1 aliphatic rings. The fourth-order valence-electron chi connectivity index (χ4n) is 2.42. The maximum atomic E-state index is 13.3. The molecule has 0 radical (unpaired) electrons. The van der Waals surface area contributed by atoms with Gasteiger partial charge in [0.25, 0.3) is 12.1 Å². The van der Waals surface area contributed by atoms with Gasteiger partial charge in [0.15, 0.2) is 0 Å². The molecule has 1 atom stereocenters. The average molecular weight is 388 g/mol. The lowest BCUT2D eigenvalue weighted by Crippen LogP contribution is -2.41. The number of carbonyl (C=O) groups excluding carboxylic acids is 1. The molecule has 1 N–H and O–H groups in total. The van der Waals surface area contributed by atoms with Crippen LogP contribution in [0, 0.1) is 0 Å². The summed E-state index contributed by atoms with van der Waals surface area (Å²) in [6, 6.07) is 3.26. The molecule has 1 aliphatic heterocycles. The highest BCUT2D eigenvalue weighted by Crippen LogP contribution is 2.35. The molecule has 0 spiro atoms. The van der Waals surface area contributed by atoms with E-state index in [4.69, 9.17) is 4.74 Å². The van der Waals surface area contributed by atoms with Crippen molar-refractivity contribution in [1.29, 1.82) is 0 Å². The second-order valence-electron chi connectivity index (χ2n) is 5.56. The number of morpholine rings is 1. The van der Waals surface area contributed by atoms with Gasteiger partial charge in [0.05, 0.1) is 18.8 Å². The number of benzene rings is 1. The molecule has 1 fully saturated rings. The molecule has 0 saturated carbocycles. The van der Waals surface area contributed by atoms with Gasteiger partial charge >= 0.3 is 12.4 Å². The van der Waals surface area contributed by atoms with Gasteiger partial charge in [-0.25, -0.2) is 4.39 Å². The summed E-state index contributed by atoms with van der Waals surface area (Å²) >= 11 is 0. The minimum Gasteiger partial charge on any atom is -0.378 e. The Hall–Kier alpha value is -2.04. The van der Waals surface area contributed by atoms with Crippen LogP contribution in [-0.2, 0) is 22.3 Å². The summed E-state index contributed by atoms with van der Waals surface area (Å²) in [5.41, 5.74) is -1.30. The van der Waals surface area contributed by atoms with Crippen molar-refractivity contribution in [1.82, 2.24) is 5.32 Å². The first-order valence-electron chi connectivity index (χ1n) is 7.51. The summed E-state index contributed by atoms with van der Waals surface area (Å²) in [5.74, 6) is -2.04. The number of amides is 1. The minimum absolute atomic E-state index is 0.273. The number of ether oxygens (including phenoxy) is 1. The zero-order valence-corrected chi connectivity index (χ0v) is 13.3. The Bertz CT molecular complexity index is 640. The van der Waals surface area contributed by atoms with Crippen LogP contribution in [0.4, 0.5) is 36.4 Å². The second-order valence-corrected chi connectivity index (χ2v) is 5.56. The molecule has 1 aromatic carbocycles. The van der Waals surface area contributed by atoms with Crippen molar-refractivity contribution in [2.75, 3.05) is 31.2 Å². The van der Waals surface area contributed by atoms with Crippen LogP contribution in [0.15, 0.2) is 18.2 Å². The summed E-state index contributed by atoms with van der Waals surface area (Å²) in [6.07, 6.45) is -14.0. The van der Waals surface area contributed by atoms with Crippen LogP contribution in [0.1, 0.15) is 11.1 Å². The van der Waals surface area contributed by atoms with Crippen LogP contribution in [0.3, 0.4) is 0 Å². The van der Waals surface area contributed by atoms with Gasteiger partial charge in [0, 0.05) is 25.3 Å². The standard InChI is InChI=1S/C15H15F7N2O2/c16-12(15(20,21)22)13(25)23-8-9-1-2-10(7-11(9)14(17,18)19)24-3-5-26-6-4-24/h1-2,7,12H,3-6,8H2,(H,23,25)/t12-/m0/s1. The van der Waals surface area contributed by atoms with Crippen LogP contribution in [0.25, 0.3) is 0 Å². The summed E-state index contributed by atoms with van der Waals surface area (Å²) in [4.78, 5) is 12.8. The average Bonchev–Trinajstić information content (AvgIpc) is 2.58. The largest absolute Gasteiger partial charge is 0.428 e. The Morgan fingerprint density at radius 3 is 2.31 bits per heavy atom. The molecule has 1 aromatic rings. The highest BCUT2D eigenvalue weighted by atomic mass is 19.4. The fraction of sp³-hybridized carbons (Fsp3) is 0.533. The van der Waals surface area contributed by atoms with Crippen molar-refractivity contribution < 1.29 is 40.3 Å². The van der Waals surface area contributed by atoms with E-state index in [1.807, 2.05) is 0 Å². The predicted octanol–water partition coefficient (Wildman–Crippen LogP) is 3.06.